The van der Waals surface area contributed by atoms with Gasteiger partial charge in [0.15, 0.2) is 5.76 Å². The lowest BCUT2D eigenvalue weighted by Crippen LogP contribution is -2.36. The van der Waals surface area contributed by atoms with Gasteiger partial charge in [-0.25, -0.2) is 0 Å². The van der Waals surface area contributed by atoms with Gasteiger partial charge in [0.25, 0.3) is 5.91 Å². The van der Waals surface area contributed by atoms with Crippen LogP contribution in [0.4, 0.5) is 11.4 Å². The number of anilines is 2. The molecule has 1 fully saturated rings. The first kappa shape index (κ1) is 23.5. The Kier molecular flexibility index (Phi) is 6.89. The molecule has 0 aliphatic carbocycles. The summed E-state index contributed by atoms with van der Waals surface area (Å²) >= 11 is 0. The van der Waals surface area contributed by atoms with Crippen LogP contribution in [0.1, 0.15) is 22.5 Å². The molecule has 4 aromatic rings. The molecule has 5 rings (SSSR count). The van der Waals surface area contributed by atoms with Crippen molar-refractivity contribution in [3.05, 3.63) is 90.2 Å². The first-order chi connectivity index (χ1) is 17.6. The van der Waals surface area contributed by atoms with Crippen LogP contribution >= 0.6 is 0 Å². The smallest absolute Gasteiger partial charge is 0.291 e. The second-order valence-electron chi connectivity index (χ2n) is 8.90. The topological polar surface area (TPSA) is 75.0 Å². The van der Waals surface area contributed by atoms with Crippen LogP contribution in [0.2, 0.25) is 0 Å². The molecule has 7 heteroatoms. The average molecular weight is 484 g/mol. The first-order valence-electron chi connectivity index (χ1n) is 12.1. The summed E-state index contributed by atoms with van der Waals surface area (Å²) in [5.74, 6) is 0.914. The molecule has 1 aromatic heterocycles. The predicted octanol–water partition coefficient (Wildman–Crippen LogP) is 4.98. The lowest BCUT2D eigenvalue weighted by atomic mass is 10.1. The molecule has 1 aliphatic heterocycles. The molecule has 0 radical (unpaired) electrons. The van der Waals surface area contributed by atoms with Gasteiger partial charge in [0.1, 0.15) is 11.3 Å². The molecule has 1 saturated heterocycles. The highest BCUT2D eigenvalue weighted by Crippen LogP contribution is 2.22. The third-order valence-corrected chi connectivity index (χ3v) is 6.50. The van der Waals surface area contributed by atoms with E-state index in [0.29, 0.717) is 24.2 Å². The third-order valence-electron chi connectivity index (χ3n) is 6.50. The number of para-hydroxylation sites is 1. The van der Waals surface area contributed by atoms with Crippen LogP contribution in [-0.4, -0.2) is 50.0 Å². The number of fused-ring (bicyclic) bond motifs is 1. The lowest BCUT2D eigenvalue weighted by molar-refractivity contribution is -0.130. The van der Waals surface area contributed by atoms with E-state index in [1.165, 1.54) is 0 Å². The van der Waals surface area contributed by atoms with E-state index in [2.05, 4.69) is 22.3 Å². The zero-order valence-electron chi connectivity index (χ0n) is 20.3. The van der Waals surface area contributed by atoms with E-state index < -0.39 is 0 Å². The molecular weight excluding hydrogens is 454 g/mol. The number of furan rings is 1. The van der Waals surface area contributed by atoms with Crippen molar-refractivity contribution >= 4 is 34.2 Å². The monoisotopic (exact) mass is 483 g/mol. The second-order valence-corrected chi connectivity index (χ2v) is 8.90. The fourth-order valence-corrected chi connectivity index (χ4v) is 4.50. The molecule has 1 N–H and O–H groups in total. The van der Waals surface area contributed by atoms with Crippen LogP contribution < -0.4 is 15.0 Å². The van der Waals surface area contributed by atoms with Gasteiger partial charge in [-0.3, -0.25) is 9.59 Å². The number of hydrogen-bond donors (Lipinski definition) is 1. The molecule has 184 valence electrons. The maximum absolute atomic E-state index is 13.0. The Hall–Kier alpha value is -4.26. The Bertz CT molecular complexity index is 1310. The van der Waals surface area contributed by atoms with Gasteiger partial charge in [0.2, 0.25) is 5.91 Å². The molecule has 0 saturated carbocycles. The van der Waals surface area contributed by atoms with Crippen molar-refractivity contribution in [2.75, 3.05) is 43.5 Å². The van der Waals surface area contributed by atoms with Crippen molar-refractivity contribution < 1.29 is 18.7 Å². The van der Waals surface area contributed by atoms with Crippen molar-refractivity contribution in [3.8, 4) is 5.75 Å². The van der Waals surface area contributed by atoms with E-state index in [1.807, 2.05) is 65.6 Å². The molecule has 7 nitrogen and oxygen atoms in total. The summed E-state index contributed by atoms with van der Waals surface area (Å²) < 4.78 is 10.9. The lowest BCUT2D eigenvalue weighted by Gasteiger charge is -2.24. The van der Waals surface area contributed by atoms with Crippen molar-refractivity contribution in [3.63, 3.8) is 0 Å². The number of benzene rings is 3. The highest BCUT2D eigenvalue weighted by Gasteiger charge is 2.20. The van der Waals surface area contributed by atoms with Gasteiger partial charge in [0, 0.05) is 42.9 Å². The minimum absolute atomic E-state index is 0.116. The van der Waals surface area contributed by atoms with E-state index in [4.69, 9.17) is 9.15 Å². The number of amides is 2. The van der Waals surface area contributed by atoms with Gasteiger partial charge in [-0.15, -0.1) is 0 Å². The summed E-state index contributed by atoms with van der Waals surface area (Å²) in [4.78, 5) is 29.8. The number of methoxy groups -OCH3 is 1. The van der Waals surface area contributed by atoms with Gasteiger partial charge >= 0.3 is 0 Å². The number of carbonyl (C=O) groups is 2. The van der Waals surface area contributed by atoms with Crippen molar-refractivity contribution in [1.29, 1.82) is 0 Å². The van der Waals surface area contributed by atoms with E-state index in [-0.39, 0.29) is 17.6 Å². The number of nitrogens with zero attached hydrogens (tertiary/aromatic N) is 2. The van der Waals surface area contributed by atoms with E-state index in [9.17, 15) is 9.59 Å². The molecule has 0 bridgehead atoms. The minimum Gasteiger partial charge on any atom is -0.497 e. The number of ether oxygens (including phenoxy) is 1. The number of rotatable bonds is 6. The number of nitrogens with one attached hydrogen (secondary N) is 1. The van der Waals surface area contributed by atoms with Crippen LogP contribution in [0, 0.1) is 0 Å². The van der Waals surface area contributed by atoms with Gasteiger partial charge in [0.05, 0.1) is 13.5 Å². The summed E-state index contributed by atoms with van der Waals surface area (Å²) in [6, 6.07) is 24.7. The van der Waals surface area contributed by atoms with Crippen LogP contribution in [0.5, 0.6) is 5.75 Å². The van der Waals surface area contributed by atoms with Gasteiger partial charge in [-0.05, 0) is 60.5 Å². The maximum atomic E-state index is 13.0. The summed E-state index contributed by atoms with van der Waals surface area (Å²) in [6.07, 6.45) is 1.25. The third kappa shape index (κ3) is 5.35. The standard InChI is InChI=1S/C29H29N3O4/c1-35-25-13-11-24(12-14-25)31-15-4-16-32(18-17-31)28(33)19-21-7-9-23(10-8-21)30-29(34)27-20-22-5-2-3-6-26(22)36-27/h2-3,5-14,20H,4,15-19H2,1H3,(H,30,34). The molecule has 0 atom stereocenters. The molecule has 2 amide bonds. The highest BCUT2D eigenvalue weighted by molar-refractivity contribution is 6.04. The largest absolute Gasteiger partial charge is 0.497 e. The summed E-state index contributed by atoms with van der Waals surface area (Å²) in [6.45, 7) is 3.15. The van der Waals surface area contributed by atoms with Crippen LogP contribution in [0.25, 0.3) is 11.0 Å². The van der Waals surface area contributed by atoms with Crippen LogP contribution in [-0.2, 0) is 11.2 Å². The van der Waals surface area contributed by atoms with E-state index in [1.54, 1.807) is 13.2 Å². The highest BCUT2D eigenvalue weighted by atomic mass is 16.5. The molecule has 3 aromatic carbocycles. The Morgan fingerprint density at radius 2 is 1.69 bits per heavy atom. The fourth-order valence-electron chi connectivity index (χ4n) is 4.50. The van der Waals surface area contributed by atoms with Crippen molar-refractivity contribution in [2.45, 2.75) is 12.8 Å². The Labute approximate surface area is 210 Å². The SMILES string of the molecule is COc1ccc(N2CCCN(C(=O)Cc3ccc(NC(=O)c4cc5ccccc5o4)cc3)CC2)cc1. The fraction of sp³-hybridized carbons (Fsp3) is 0.241. The Morgan fingerprint density at radius 1 is 0.917 bits per heavy atom. The van der Waals surface area contributed by atoms with E-state index >= 15 is 0 Å². The van der Waals surface area contributed by atoms with Crippen LogP contribution in [0.15, 0.2) is 83.3 Å². The molecule has 36 heavy (non-hydrogen) atoms. The average Bonchev–Trinajstić information content (AvgIpc) is 3.20. The summed E-state index contributed by atoms with van der Waals surface area (Å²) in [7, 11) is 1.66. The zero-order valence-corrected chi connectivity index (χ0v) is 20.3. The molecular formula is C29H29N3O4. The molecule has 1 aliphatic rings. The van der Waals surface area contributed by atoms with Crippen molar-refractivity contribution in [1.82, 2.24) is 4.90 Å². The Balaban J connectivity index is 1.15. The maximum Gasteiger partial charge on any atom is 0.291 e. The van der Waals surface area contributed by atoms with Crippen molar-refractivity contribution in [2.24, 2.45) is 0 Å². The predicted molar refractivity (Wildman–Crippen MR) is 141 cm³/mol. The van der Waals surface area contributed by atoms with Gasteiger partial charge in [-0.1, -0.05) is 30.3 Å². The summed E-state index contributed by atoms with van der Waals surface area (Å²) in [5.41, 5.74) is 3.39. The molecule has 0 unspecified atom stereocenters. The van der Waals surface area contributed by atoms with Crippen LogP contribution in [0.3, 0.4) is 0 Å². The number of carbonyl (C=O) groups excluding carboxylic acids is 2. The van der Waals surface area contributed by atoms with Gasteiger partial charge in [-0.2, -0.15) is 0 Å². The number of hydrogen-bond acceptors (Lipinski definition) is 5. The molecule has 2 heterocycles. The Morgan fingerprint density at radius 3 is 2.44 bits per heavy atom. The quantitative estimate of drug-likeness (QED) is 0.419. The summed E-state index contributed by atoms with van der Waals surface area (Å²) in [5, 5.41) is 3.74. The minimum atomic E-state index is -0.305. The molecule has 0 spiro atoms. The zero-order chi connectivity index (χ0) is 24.9. The van der Waals surface area contributed by atoms with E-state index in [0.717, 1.165) is 48.4 Å². The second kappa shape index (κ2) is 10.6. The first-order valence-corrected chi connectivity index (χ1v) is 12.1. The van der Waals surface area contributed by atoms with Gasteiger partial charge < -0.3 is 24.3 Å². The normalized spacial score (nSPS) is 13.9.